The Balaban J connectivity index is 1.71. The van der Waals surface area contributed by atoms with Gasteiger partial charge < -0.3 is 9.64 Å². The summed E-state index contributed by atoms with van der Waals surface area (Å²) in [5.74, 6) is -0.0913. The lowest BCUT2D eigenvalue weighted by Gasteiger charge is -2.29. The first-order valence-corrected chi connectivity index (χ1v) is 9.73. The van der Waals surface area contributed by atoms with Crippen LogP contribution in [0.4, 0.5) is 11.4 Å². The van der Waals surface area contributed by atoms with E-state index in [0.29, 0.717) is 29.5 Å². The average Bonchev–Trinajstić information content (AvgIpc) is 2.57. The summed E-state index contributed by atoms with van der Waals surface area (Å²) < 4.78 is 32.7. The molecule has 1 fully saturated rings. The topological polar surface area (TPSA) is 58.6 Å². The molecule has 0 bridgehead atoms. The average molecular weight is 367 g/mol. The van der Waals surface area contributed by atoms with Crippen molar-refractivity contribution in [1.29, 1.82) is 0 Å². The molecule has 24 heavy (non-hydrogen) atoms. The lowest BCUT2D eigenvalue weighted by atomic mass is 10.2. The third kappa shape index (κ3) is 4.63. The molecule has 1 heterocycles. The molecule has 1 aliphatic rings. The van der Waals surface area contributed by atoms with Crippen molar-refractivity contribution in [2.75, 3.05) is 35.9 Å². The van der Waals surface area contributed by atoms with Crippen LogP contribution in [0.1, 0.15) is 5.56 Å². The van der Waals surface area contributed by atoms with Crippen LogP contribution in [0.25, 0.3) is 0 Å². The van der Waals surface area contributed by atoms with Crippen LogP contribution < -0.4 is 9.62 Å². The van der Waals surface area contributed by atoms with Crippen LogP contribution >= 0.6 is 11.6 Å². The predicted octanol–water partition coefficient (Wildman–Crippen LogP) is 3.12. The number of rotatable bonds is 5. The van der Waals surface area contributed by atoms with E-state index in [1.165, 1.54) is 0 Å². The van der Waals surface area contributed by atoms with Crippen molar-refractivity contribution < 1.29 is 13.2 Å². The Morgan fingerprint density at radius 1 is 1.08 bits per heavy atom. The Kier molecular flexibility index (Phi) is 5.28. The van der Waals surface area contributed by atoms with Crippen LogP contribution in [0.2, 0.25) is 5.02 Å². The number of hydrogen-bond acceptors (Lipinski definition) is 4. The SMILES string of the molecule is O=S(=O)(Cc1ccc(Cl)cc1)Nc1cccc(N2CCOCC2)c1. The van der Waals surface area contributed by atoms with E-state index in [-0.39, 0.29) is 5.75 Å². The molecule has 0 radical (unpaired) electrons. The second-order valence-corrected chi connectivity index (χ2v) is 7.80. The third-order valence-electron chi connectivity index (χ3n) is 3.77. The first-order valence-electron chi connectivity index (χ1n) is 7.69. The molecule has 0 atom stereocenters. The van der Waals surface area contributed by atoms with Crippen LogP contribution in [-0.4, -0.2) is 34.7 Å². The van der Waals surface area contributed by atoms with Gasteiger partial charge in [-0.25, -0.2) is 8.42 Å². The van der Waals surface area contributed by atoms with Gasteiger partial charge in [0.25, 0.3) is 0 Å². The number of nitrogens with one attached hydrogen (secondary N) is 1. The largest absolute Gasteiger partial charge is 0.378 e. The van der Waals surface area contributed by atoms with Gasteiger partial charge in [0.2, 0.25) is 10.0 Å². The Morgan fingerprint density at radius 2 is 1.79 bits per heavy atom. The molecule has 0 unspecified atom stereocenters. The molecule has 7 heteroatoms. The highest BCUT2D eigenvalue weighted by atomic mass is 35.5. The number of morpholine rings is 1. The van der Waals surface area contributed by atoms with Crippen LogP contribution in [-0.2, 0) is 20.5 Å². The van der Waals surface area contributed by atoms with Crippen LogP contribution in [0.3, 0.4) is 0 Å². The molecular weight excluding hydrogens is 348 g/mol. The number of hydrogen-bond donors (Lipinski definition) is 1. The van der Waals surface area contributed by atoms with Crippen LogP contribution in [0.15, 0.2) is 48.5 Å². The summed E-state index contributed by atoms with van der Waals surface area (Å²) in [6.07, 6.45) is 0. The monoisotopic (exact) mass is 366 g/mol. The van der Waals surface area contributed by atoms with Gasteiger partial charge >= 0.3 is 0 Å². The number of sulfonamides is 1. The molecule has 0 saturated carbocycles. The highest BCUT2D eigenvalue weighted by molar-refractivity contribution is 7.91. The zero-order valence-electron chi connectivity index (χ0n) is 13.1. The molecule has 5 nitrogen and oxygen atoms in total. The van der Waals surface area contributed by atoms with Gasteiger partial charge in [-0.05, 0) is 35.9 Å². The minimum Gasteiger partial charge on any atom is -0.378 e. The fourth-order valence-electron chi connectivity index (χ4n) is 2.60. The highest BCUT2D eigenvalue weighted by Gasteiger charge is 2.14. The minimum absolute atomic E-state index is 0.0913. The van der Waals surface area contributed by atoms with Crippen molar-refractivity contribution in [3.63, 3.8) is 0 Å². The highest BCUT2D eigenvalue weighted by Crippen LogP contribution is 2.22. The van der Waals surface area contributed by atoms with Crippen molar-refractivity contribution in [3.05, 3.63) is 59.1 Å². The zero-order chi connectivity index (χ0) is 17.0. The molecule has 2 aromatic rings. The van der Waals surface area contributed by atoms with Gasteiger partial charge in [-0.3, -0.25) is 4.72 Å². The maximum atomic E-state index is 12.4. The van der Waals surface area contributed by atoms with Crippen molar-refractivity contribution in [2.45, 2.75) is 5.75 Å². The van der Waals surface area contributed by atoms with E-state index >= 15 is 0 Å². The zero-order valence-corrected chi connectivity index (χ0v) is 14.7. The Hall–Kier alpha value is -1.76. The van der Waals surface area contributed by atoms with Gasteiger partial charge in [0.1, 0.15) is 0 Å². The van der Waals surface area contributed by atoms with E-state index in [1.807, 2.05) is 18.2 Å². The normalized spacial score (nSPS) is 15.3. The fraction of sp³-hybridized carbons (Fsp3) is 0.294. The molecule has 1 aliphatic heterocycles. The van der Waals surface area contributed by atoms with Crippen molar-refractivity contribution >= 4 is 33.0 Å². The van der Waals surface area contributed by atoms with Gasteiger partial charge in [-0.1, -0.05) is 29.8 Å². The summed E-state index contributed by atoms with van der Waals surface area (Å²) in [5, 5.41) is 0.585. The van der Waals surface area contributed by atoms with Crippen molar-refractivity contribution in [2.24, 2.45) is 0 Å². The smallest absolute Gasteiger partial charge is 0.236 e. The van der Waals surface area contributed by atoms with E-state index in [1.54, 1.807) is 30.3 Å². The number of anilines is 2. The fourth-order valence-corrected chi connectivity index (χ4v) is 3.92. The first kappa shape index (κ1) is 17.1. The van der Waals surface area contributed by atoms with Crippen molar-refractivity contribution in [3.8, 4) is 0 Å². The number of ether oxygens (including phenoxy) is 1. The summed E-state index contributed by atoms with van der Waals surface area (Å²) in [4.78, 5) is 2.18. The van der Waals surface area contributed by atoms with Gasteiger partial charge in [0, 0.05) is 23.8 Å². The van der Waals surface area contributed by atoms with Crippen LogP contribution in [0, 0.1) is 0 Å². The number of halogens is 1. The lowest BCUT2D eigenvalue weighted by molar-refractivity contribution is 0.122. The van der Waals surface area contributed by atoms with E-state index in [9.17, 15) is 8.42 Å². The van der Waals surface area contributed by atoms with E-state index in [2.05, 4.69) is 9.62 Å². The maximum absolute atomic E-state index is 12.4. The van der Waals surface area contributed by atoms with Crippen molar-refractivity contribution in [1.82, 2.24) is 0 Å². The summed E-state index contributed by atoms with van der Waals surface area (Å²) in [6, 6.07) is 14.2. The number of nitrogens with zero attached hydrogens (tertiary/aromatic N) is 1. The number of benzene rings is 2. The quantitative estimate of drug-likeness (QED) is 0.883. The van der Waals surface area contributed by atoms with Gasteiger partial charge in [0.05, 0.1) is 24.7 Å². The molecule has 0 aliphatic carbocycles. The molecule has 1 saturated heterocycles. The Labute approximate surface area is 147 Å². The molecule has 128 valence electrons. The van der Waals surface area contributed by atoms with Crippen LogP contribution in [0.5, 0.6) is 0 Å². The van der Waals surface area contributed by atoms with E-state index < -0.39 is 10.0 Å². The van der Waals surface area contributed by atoms with E-state index in [4.69, 9.17) is 16.3 Å². The molecule has 3 rings (SSSR count). The summed E-state index contributed by atoms with van der Waals surface area (Å²) in [7, 11) is -3.48. The summed E-state index contributed by atoms with van der Waals surface area (Å²) in [6.45, 7) is 2.99. The Bertz CT molecular complexity index is 788. The maximum Gasteiger partial charge on any atom is 0.236 e. The third-order valence-corrected chi connectivity index (χ3v) is 5.28. The second kappa shape index (κ2) is 7.42. The molecule has 0 aromatic heterocycles. The standard InChI is InChI=1S/C17H19ClN2O3S/c18-15-6-4-14(5-7-15)13-24(21,22)19-16-2-1-3-17(12-16)20-8-10-23-11-9-20/h1-7,12,19H,8-11,13H2. The van der Waals surface area contributed by atoms with E-state index in [0.717, 1.165) is 18.8 Å². The minimum atomic E-state index is -3.48. The molecule has 1 N–H and O–H groups in total. The van der Waals surface area contributed by atoms with Gasteiger partial charge in [-0.15, -0.1) is 0 Å². The molecule has 2 aromatic carbocycles. The lowest BCUT2D eigenvalue weighted by Crippen LogP contribution is -2.36. The second-order valence-electron chi connectivity index (χ2n) is 5.64. The summed E-state index contributed by atoms with van der Waals surface area (Å²) in [5.41, 5.74) is 2.24. The molecule has 0 spiro atoms. The Morgan fingerprint density at radius 3 is 2.50 bits per heavy atom. The van der Waals surface area contributed by atoms with Gasteiger partial charge in [0.15, 0.2) is 0 Å². The molecular formula is C17H19ClN2O3S. The summed E-state index contributed by atoms with van der Waals surface area (Å²) >= 11 is 5.83. The predicted molar refractivity (Wildman–Crippen MR) is 97.2 cm³/mol. The first-order chi connectivity index (χ1) is 11.5. The molecule has 0 amide bonds. The van der Waals surface area contributed by atoms with Gasteiger partial charge in [-0.2, -0.15) is 0 Å².